The Morgan fingerprint density at radius 3 is 2.27 bits per heavy atom. The summed E-state index contributed by atoms with van der Waals surface area (Å²) in [5.41, 5.74) is 3.89. The highest BCUT2D eigenvalue weighted by Crippen LogP contribution is 2.19. The molecule has 1 aliphatic rings. The fourth-order valence-corrected chi connectivity index (χ4v) is 4.25. The highest BCUT2D eigenvalue weighted by atomic mass is 35.5. The Kier molecular flexibility index (Phi) is 7.30. The predicted octanol–water partition coefficient (Wildman–Crippen LogP) is 4.34. The van der Waals surface area contributed by atoms with Crippen molar-refractivity contribution in [2.75, 3.05) is 31.1 Å². The second-order valence-electron chi connectivity index (χ2n) is 8.37. The summed E-state index contributed by atoms with van der Waals surface area (Å²) < 4.78 is 0. The number of anilines is 1. The van der Waals surface area contributed by atoms with Gasteiger partial charge in [0, 0.05) is 48.9 Å². The van der Waals surface area contributed by atoms with Crippen LogP contribution in [0.15, 0.2) is 78.9 Å². The van der Waals surface area contributed by atoms with Crippen LogP contribution in [0.5, 0.6) is 0 Å². The molecule has 1 atom stereocenters. The van der Waals surface area contributed by atoms with Crippen LogP contribution in [-0.2, 0) is 11.2 Å². The van der Waals surface area contributed by atoms with Gasteiger partial charge in [0.25, 0.3) is 5.91 Å². The largest absolute Gasteiger partial charge is 0.368 e. The first-order valence-corrected chi connectivity index (χ1v) is 11.6. The molecule has 3 aromatic rings. The number of carbonyl (C=O) groups is 2. The van der Waals surface area contributed by atoms with Gasteiger partial charge in [-0.15, -0.1) is 0 Å². The number of amides is 2. The number of hydrogen-bond acceptors (Lipinski definition) is 3. The van der Waals surface area contributed by atoms with Crippen LogP contribution >= 0.6 is 11.6 Å². The van der Waals surface area contributed by atoms with Gasteiger partial charge in [0.1, 0.15) is 6.04 Å². The fraction of sp³-hybridized carbons (Fsp3) is 0.259. The first-order chi connectivity index (χ1) is 16.0. The van der Waals surface area contributed by atoms with Crippen LogP contribution < -0.4 is 10.2 Å². The Balaban J connectivity index is 1.46. The minimum absolute atomic E-state index is 0.0509. The van der Waals surface area contributed by atoms with Crippen LogP contribution in [0.1, 0.15) is 21.5 Å². The van der Waals surface area contributed by atoms with Crippen molar-refractivity contribution in [2.24, 2.45) is 0 Å². The molecule has 3 aromatic carbocycles. The van der Waals surface area contributed by atoms with Gasteiger partial charge in [-0.25, -0.2) is 0 Å². The number of piperazine rings is 1. The number of hydrogen-bond donors (Lipinski definition) is 1. The van der Waals surface area contributed by atoms with Crippen molar-refractivity contribution in [1.82, 2.24) is 10.2 Å². The number of nitrogens with one attached hydrogen (secondary N) is 1. The van der Waals surface area contributed by atoms with Crippen LogP contribution in [0.3, 0.4) is 0 Å². The summed E-state index contributed by atoms with van der Waals surface area (Å²) in [5, 5.41) is 3.53. The lowest BCUT2D eigenvalue weighted by molar-refractivity contribution is -0.133. The van der Waals surface area contributed by atoms with Crippen LogP contribution in [0, 0.1) is 6.92 Å². The van der Waals surface area contributed by atoms with Crippen molar-refractivity contribution in [3.8, 4) is 0 Å². The number of rotatable bonds is 6. The molecule has 1 fully saturated rings. The zero-order valence-corrected chi connectivity index (χ0v) is 19.5. The molecule has 1 unspecified atom stereocenters. The molecule has 0 radical (unpaired) electrons. The van der Waals surface area contributed by atoms with E-state index >= 15 is 0 Å². The van der Waals surface area contributed by atoms with E-state index in [4.69, 9.17) is 11.6 Å². The predicted molar refractivity (Wildman–Crippen MR) is 133 cm³/mol. The normalized spacial score (nSPS) is 14.6. The minimum atomic E-state index is -0.638. The molecule has 6 heteroatoms. The first-order valence-electron chi connectivity index (χ1n) is 11.2. The standard InChI is InChI=1S/C27H28ClN3O2/c1-20-6-5-9-24(18-20)30-14-16-31(17-15-30)27(33)25(19-21-7-3-2-4-8-21)29-26(32)22-10-12-23(28)13-11-22/h2-13,18,25H,14-17,19H2,1H3,(H,29,32). The third-order valence-corrected chi connectivity index (χ3v) is 6.20. The van der Waals surface area contributed by atoms with Crippen molar-refractivity contribution >= 4 is 29.1 Å². The van der Waals surface area contributed by atoms with Gasteiger partial charge in [0.2, 0.25) is 5.91 Å². The lowest BCUT2D eigenvalue weighted by atomic mass is 10.0. The minimum Gasteiger partial charge on any atom is -0.368 e. The molecule has 170 valence electrons. The van der Waals surface area contributed by atoms with Crippen LogP contribution in [0.25, 0.3) is 0 Å². The second-order valence-corrected chi connectivity index (χ2v) is 8.81. The smallest absolute Gasteiger partial charge is 0.251 e. The summed E-state index contributed by atoms with van der Waals surface area (Å²) >= 11 is 5.95. The molecule has 1 aliphatic heterocycles. The molecule has 4 rings (SSSR count). The summed E-state index contributed by atoms with van der Waals surface area (Å²) in [6, 6.07) is 24.3. The van der Waals surface area contributed by atoms with E-state index in [1.165, 1.54) is 11.3 Å². The molecule has 0 aromatic heterocycles. The van der Waals surface area contributed by atoms with Gasteiger partial charge in [-0.1, -0.05) is 54.1 Å². The lowest BCUT2D eigenvalue weighted by Gasteiger charge is -2.37. The summed E-state index contributed by atoms with van der Waals surface area (Å²) in [5.74, 6) is -0.329. The highest BCUT2D eigenvalue weighted by Gasteiger charge is 2.29. The molecule has 1 heterocycles. The van der Waals surface area contributed by atoms with Crippen molar-refractivity contribution in [3.63, 3.8) is 0 Å². The molecule has 5 nitrogen and oxygen atoms in total. The molecule has 0 saturated carbocycles. The number of benzene rings is 3. The first kappa shape index (κ1) is 22.9. The van der Waals surface area contributed by atoms with E-state index in [0.29, 0.717) is 30.1 Å². The van der Waals surface area contributed by atoms with Gasteiger partial charge in [0.05, 0.1) is 0 Å². The summed E-state index contributed by atoms with van der Waals surface area (Å²) in [6.07, 6.45) is 0.442. The summed E-state index contributed by atoms with van der Waals surface area (Å²) in [6.45, 7) is 4.85. The van der Waals surface area contributed by atoms with Crippen molar-refractivity contribution in [2.45, 2.75) is 19.4 Å². The third kappa shape index (κ3) is 5.93. The number of carbonyl (C=O) groups excluding carboxylic acids is 2. The maximum atomic E-state index is 13.5. The molecular weight excluding hydrogens is 434 g/mol. The van der Waals surface area contributed by atoms with E-state index in [1.54, 1.807) is 24.3 Å². The fourth-order valence-electron chi connectivity index (χ4n) is 4.12. The maximum Gasteiger partial charge on any atom is 0.251 e. The average molecular weight is 462 g/mol. The molecule has 1 saturated heterocycles. The SMILES string of the molecule is Cc1cccc(N2CCN(C(=O)C(Cc3ccccc3)NC(=O)c3ccc(Cl)cc3)CC2)c1. The summed E-state index contributed by atoms with van der Waals surface area (Å²) in [7, 11) is 0. The Hall–Kier alpha value is -3.31. The molecule has 1 N–H and O–H groups in total. The van der Waals surface area contributed by atoms with Gasteiger partial charge in [-0.3, -0.25) is 9.59 Å². The van der Waals surface area contributed by atoms with Gasteiger partial charge in [-0.05, 0) is 54.4 Å². The average Bonchev–Trinajstić information content (AvgIpc) is 2.84. The zero-order valence-electron chi connectivity index (χ0n) is 18.7. The molecule has 0 aliphatic carbocycles. The van der Waals surface area contributed by atoms with Crippen LogP contribution in [0.2, 0.25) is 5.02 Å². The van der Waals surface area contributed by atoms with Gasteiger partial charge < -0.3 is 15.1 Å². The number of aryl methyl sites for hydroxylation is 1. The third-order valence-electron chi connectivity index (χ3n) is 5.95. The van der Waals surface area contributed by atoms with E-state index in [1.807, 2.05) is 35.2 Å². The molecule has 0 spiro atoms. The van der Waals surface area contributed by atoms with Crippen molar-refractivity contribution in [1.29, 1.82) is 0 Å². The maximum absolute atomic E-state index is 13.5. The highest BCUT2D eigenvalue weighted by molar-refractivity contribution is 6.30. The lowest BCUT2D eigenvalue weighted by Crippen LogP contribution is -2.55. The molecule has 33 heavy (non-hydrogen) atoms. The van der Waals surface area contributed by atoms with E-state index in [9.17, 15) is 9.59 Å². The Morgan fingerprint density at radius 1 is 0.909 bits per heavy atom. The van der Waals surface area contributed by atoms with E-state index in [-0.39, 0.29) is 11.8 Å². The van der Waals surface area contributed by atoms with Crippen molar-refractivity contribution < 1.29 is 9.59 Å². The number of halogens is 1. The monoisotopic (exact) mass is 461 g/mol. The van der Waals surface area contributed by atoms with Crippen LogP contribution in [0.4, 0.5) is 5.69 Å². The Labute approximate surface area is 200 Å². The molecule has 0 bridgehead atoms. The Bertz CT molecular complexity index is 1090. The van der Waals surface area contributed by atoms with Gasteiger partial charge in [0.15, 0.2) is 0 Å². The van der Waals surface area contributed by atoms with E-state index in [0.717, 1.165) is 18.7 Å². The van der Waals surface area contributed by atoms with E-state index in [2.05, 4.69) is 41.4 Å². The second kappa shape index (κ2) is 10.5. The topological polar surface area (TPSA) is 52.6 Å². The number of nitrogens with zero attached hydrogens (tertiary/aromatic N) is 2. The van der Waals surface area contributed by atoms with E-state index < -0.39 is 6.04 Å². The quantitative estimate of drug-likeness (QED) is 0.594. The van der Waals surface area contributed by atoms with Gasteiger partial charge >= 0.3 is 0 Å². The van der Waals surface area contributed by atoms with Crippen molar-refractivity contribution in [3.05, 3.63) is 101 Å². The molecule has 2 amide bonds. The van der Waals surface area contributed by atoms with Crippen LogP contribution in [-0.4, -0.2) is 48.9 Å². The Morgan fingerprint density at radius 2 is 1.61 bits per heavy atom. The molecular formula is C27H28ClN3O2. The summed E-state index contributed by atoms with van der Waals surface area (Å²) in [4.78, 5) is 30.5. The van der Waals surface area contributed by atoms with Gasteiger partial charge in [-0.2, -0.15) is 0 Å². The zero-order chi connectivity index (χ0) is 23.2.